The third kappa shape index (κ3) is 4.62. The molecule has 1 rings (SSSR count). The normalized spacial score (nSPS) is 16.7. The number of carbonyl (C=O) groups is 2. The van der Waals surface area contributed by atoms with Gasteiger partial charge >= 0.3 is 0 Å². The molecule has 0 aromatic rings. The highest BCUT2D eigenvalue weighted by molar-refractivity contribution is 5.83. The summed E-state index contributed by atoms with van der Waals surface area (Å²) in [7, 11) is 3.89. The van der Waals surface area contributed by atoms with Gasteiger partial charge in [0.1, 0.15) is 0 Å². The minimum Gasteiger partial charge on any atom is -0.339 e. The second kappa shape index (κ2) is 7.33. The number of likely N-dealkylation sites (N-methyl/N-ethyl adjacent to an activating group) is 2. The molecule has 0 unspecified atom stereocenters. The molecule has 104 valence electrons. The largest absolute Gasteiger partial charge is 0.339 e. The lowest BCUT2D eigenvalue weighted by atomic mass is 10.3. The van der Waals surface area contributed by atoms with Gasteiger partial charge in [-0.3, -0.25) is 9.59 Å². The zero-order chi connectivity index (χ0) is 13.5. The Morgan fingerprint density at radius 1 is 1.22 bits per heavy atom. The average Bonchev–Trinajstić information content (AvgIpc) is 2.34. The quantitative estimate of drug-likeness (QED) is 0.673. The summed E-state index contributed by atoms with van der Waals surface area (Å²) >= 11 is 0. The van der Waals surface area contributed by atoms with Crippen molar-refractivity contribution in [3.05, 3.63) is 0 Å². The van der Waals surface area contributed by atoms with Gasteiger partial charge in [-0.2, -0.15) is 0 Å². The molecule has 0 spiro atoms. The molecule has 6 heteroatoms. The lowest BCUT2D eigenvalue weighted by molar-refractivity contribution is -0.140. The fraction of sp³-hybridized carbons (Fsp3) is 0.833. The van der Waals surface area contributed by atoms with Crippen LogP contribution < -0.4 is 5.32 Å². The molecule has 6 nitrogen and oxygen atoms in total. The van der Waals surface area contributed by atoms with Crippen LogP contribution in [0.3, 0.4) is 0 Å². The van der Waals surface area contributed by atoms with E-state index in [1.54, 1.807) is 4.90 Å². The molecule has 1 saturated heterocycles. The molecule has 1 N–H and O–H groups in total. The lowest BCUT2D eigenvalue weighted by Crippen LogP contribution is -2.51. The van der Waals surface area contributed by atoms with Crippen molar-refractivity contribution in [3.8, 4) is 0 Å². The third-order valence-corrected chi connectivity index (χ3v) is 3.26. The Labute approximate surface area is 109 Å². The monoisotopic (exact) mass is 256 g/mol. The van der Waals surface area contributed by atoms with Crippen molar-refractivity contribution < 1.29 is 9.59 Å². The molecular formula is C12H24N4O2. The first-order chi connectivity index (χ1) is 8.54. The Morgan fingerprint density at radius 3 is 2.33 bits per heavy atom. The molecule has 0 bridgehead atoms. The first-order valence-electron chi connectivity index (χ1n) is 6.41. The fourth-order valence-electron chi connectivity index (χ4n) is 1.91. The topological polar surface area (TPSA) is 55.9 Å². The highest BCUT2D eigenvalue weighted by Crippen LogP contribution is 2.01. The van der Waals surface area contributed by atoms with Crippen LogP contribution in [0.5, 0.6) is 0 Å². The maximum Gasteiger partial charge on any atom is 0.242 e. The van der Waals surface area contributed by atoms with Crippen LogP contribution in [-0.2, 0) is 9.59 Å². The lowest BCUT2D eigenvalue weighted by Gasteiger charge is -2.33. The average molecular weight is 256 g/mol. The molecule has 0 aromatic heterocycles. The summed E-state index contributed by atoms with van der Waals surface area (Å²) in [4.78, 5) is 29.2. The van der Waals surface area contributed by atoms with Gasteiger partial charge in [0.2, 0.25) is 11.8 Å². The number of hydrogen-bond donors (Lipinski definition) is 1. The minimum atomic E-state index is -0.0484. The summed E-state index contributed by atoms with van der Waals surface area (Å²) in [5, 5.41) is 2.99. The van der Waals surface area contributed by atoms with E-state index in [2.05, 4.69) is 17.3 Å². The van der Waals surface area contributed by atoms with Crippen molar-refractivity contribution in [1.29, 1.82) is 0 Å². The number of hydrogen-bond acceptors (Lipinski definition) is 4. The summed E-state index contributed by atoms with van der Waals surface area (Å²) in [5.74, 6) is 0.00197. The van der Waals surface area contributed by atoms with Crippen LogP contribution in [0.15, 0.2) is 0 Å². The van der Waals surface area contributed by atoms with Gasteiger partial charge < -0.3 is 20.0 Å². The molecule has 1 heterocycles. The van der Waals surface area contributed by atoms with E-state index in [4.69, 9.17) is 0 Å². The van der Waals surface area contributed by atoms with Crippen LogP contribution >= 0.6 is 0 Å². The SMILES string of the molecule is CNCCN(CC(=O)N1CCN(C)CC1)C(C)=O. The molecule has 1 aliphatic rings. The predicted molar refractivity (Wildman–Crippen MR) is 70.3 cm³/mol. The van der Waals surface area contributed by atoms with E-state index >= 15 is 0 Å². The number of carbonyl (C=O) groups excluding carboxylic acids is 2. The number of piperazine rings is 1. The van der Waals surface area contributed by atoms with Gasteiger partial charge in [-0.05, 0) is 14.1 Å². The first-order valence-corrected chi connectivity index (χ1v) is 6.41. The molecule has 1 fully saturated rings. The van der Waals surface area contributed by atoms with Crippen molar-refractivity contribution in [2.24, 2.45) is 0 Å². The van der Waals surface area contributed by atoms with Crippen molar-refractivity contribution in [2.75, 3.05) is 59.9 Å². The molecule has 1 aliphatic heterocycles. The number of nitrogens with zero attached hydrogens (tertiary/aromatic N) is 3. The smallest absolute Gasteiger partial charge is 0.242 e. The molecule has 0 atom stereocenters. The Balaban J connectivity index is 2.42. The molecule has 18 heavy (non-hydrogen) atoms. The van der Waals surface area contributed by atoms with Crippen LogP contribution in [0.4, 0.5) is 0 Å². The molecular weight excluding hydrogens is 232 g/mol. The fourth-order valence-corrected chi connectivity index (χ4v) is 1.91. The van der Waals surface area contributed by atoms with E-state index < -0.39 is 0 Å². The maximum atomic E-state index is 12.1. The van der Waals surface area contributed by atoms with Gasteiger partial charge in [0.15, 0.2) is 0 Å². The van der Waals surface area contributed by atoms with Gasteiger partial charge in [-0.1, -0.05) is 0 Å². The van der Waals surface area contributed by atoms with Crippen LogP contribution in [0, 0.1) is 0 Å². The second-order valence-corrected chi connectivity index (χ2v) is 4.73. The second-order valence-electron chi connectivity index (χ2n) is 4.73. The van der Waals surface area contributed by atoms with E-state index in [-0.39, 0.29) is 18.4 Å². The summed E-state index contributed by atoms with van der Waals surface area (Å²) in [6.45, 7) is 6.30. The van der Waals surface area contributed by atoms with E-state index in [1.165, 1.54) is 6.92 Å². The predicted octanol–water partition coefficient (Wildman–Crippen LogP) is -1.17. The van der Waals surface area contributed by atoms with Crippen molar-refractivity contribution in [2.45, 2.75) is 6.92 Å². The summed E-state index contributed by atoms with van der Waals surface area (Å²) in [6, 6.07) is 0. The van der Waals surface area contributed by atoms with E-state index in [1.807, 2.05) is 11.9 Å². The molecule has 0 aliphatic carbocycles. The number of rotatable bonds is 5. The van der Waals surface area contributed by atoms with E-state index in [9.17, 15) is 9.59 Å². The zero-order valence-electron chi connectivity index (χ0n) is 11.6. The highest BCUT2D eigenvalue weighted by Gasteiger charge is 2.21. The van der Waals surface area contributed by atoms with E-state index in [0.717, 1.165) is 26.2 Å². The van der Waals surface area contributed by atoms with Crippen LogP contribution in [-0.4, -0.2) is 86.4 Å². The van der Waals surface area contributed by atoms with Crippen LogP contribution in [0.2, 0.25) is 0 Å². The van der Waals surface area contributed by atoms with Crippen molar-refractivity contribution in [3.63, 3.8) is 0 Å². The Morgan fingerprint density at radius 2 is 1.83 bits per heavy atom. The third-order valence-electron chi connectivity index (χ3n) is 3.26. The minimum absolute atomic E-state index is 0.0484. The molecule has 0 radical (unpaired) electrons. The zero-order valence-corrected chi connectivity index (χ0v) is 11.6. The van der Waals surface area contributed by atoms with Crippen LogP contribution in [0.25, 0.3) is 0 Å². The van der Waals surface area contributed by atoms with Crippen LogP contribution in [0.1, 0.15) is 6.92 Å². The number of nitrogens with one attached hydrogen (secondary N) is 1. The standard InChI is InChI=1S/C12H24N4O2/c1-11(17)16(5-4-13-2)10-12(18)15-8-6-14(3)7-9-15/h13H,4-10H2,1-3H3. The molecule has 0 aromatic carbocycles. The van der Waals surface area contributed by atoms with Crippen molar-refractivity contribution in [1.82, 2.24) is 20.0 Å². The molecule has 0 saturated carbocycles. The van der Waals surface area contributed by atoms with E-state index in [0.29, 0.717) is 13.1 Å². The summed E-state index contributed by atoms with van der Waals surface area (Å²) in [6.07, 6.45) is 0. The Bertz CT molecular complexity index is 288. The summed E-state index contributed by atoms with van der Waals surface area (Å²) in [5.41, 5.74) is 0. The summed E-state index contributed by atoms with van der Waals surface area (Å²) < 4.78 is 0. The molecule has 2 amide bonds. The highest BCUT2D eigenvalue weighted by atomic mass is 16.2. The van der Waals surface area contributed by atoms with Crippen molar-refractivity contribution >= 4 is 11.8 Å². The van der Waals surface area contributed by atoms with Gasteiger partial charge in [0.05, 0.1) is 6.54 Å². The Kier molecular flexibility index (Phi) is 6.07. The Hall–Kier alpha value is -1.14. The van der Waals surface area contributed by atoms with Gasteiger partial charge in [0, 0.05) is 46.2 Å². The first kappa shape index (κ1) is 14.9. The van der Waals surface area contributed by atoms with Gasteiger partial charge in [0.25, 0.3) is 0 Å². The maximum absolute atomic E-state index is 12.1. The number of amides is 2. The van der Waals surface area contributed by atoms with Gasteiger partial charge in [-0.25, -0.2) is 0 Å². The van der Waals surface area contributed by atoms with Gasteiger partial charge in [-0.15, -0.1) is 0 Å².